The maximum absolute atomic E-state index is 13.7. The maximum Gasteiger partial charge on any atom is 0.329 e. The van der Waals surface area contributed by atoms with E-state index in [1.54, 1.807) is 55.4 Å². The first kappa shape index (κ1) is 34.6. The zero-order valence-corrected chi connectivity index (χ0v) is 25.3. The summed E-state index contributed by atoms with van der Waals surface area (Å²) < 4.78 is 5.43. The van der Waals surface area contributed by atoms with E-state index < -0.39 is 70.7 Å². The Balaban J connectivity index is 3.01. The standard InChI is InChI=1S/C28H47N5O7/c1-11-14-29-23(36)20(34)17(4)30-22(35)18-13-12-15-33(18)24(37)21(27(5,6)7)32-26(39)31-19(16(2)3)25(38)40-28(8,9)10/h11,16-19,21H,1,12-15H2,2-10H3,(H,29,36)(H,30,35)(H2,31,32,39). The third-order valence-electron chi connectivity index (χ3n) is 6.22. The highest BCUT2D eigenvalue weighted by molar-refractivity contribution is 6.38. The normalized spacial score (nSPS) is 17.8. The topological polar surface area (TPSA) is 163 Å². The Hall–Kier alpha value is -3.44. The molecular weight excluding hydrogens is 518 g/mol. The second-order valence-electron chi connectivity index (χ2n) is 12.5. The first-order chi connectivity index (χ1) is 18.3. The van der Waals surface area contributed by atoms with Crippen molar-refractivity contribution in [2.75, 3.05) is 13.1 Å². The fourth-order valence-electron chi connectivity index (χ4n) is 4.12. The van der Waals surface area contributed by atoms with Gasteiger partial charge in [0.2, 0.25) is 17.6 Å². The van der Waals surface area contributed by atoms with Crippen LogP contribution in [0, 0.1) is 11.3 Å². The lowest BCUT2D eigenvalue weighted by molar-refractivity contribution is -0.158. The van der Waals surface area contributed by atoms with Gasteiger partial charge in [0.1, 0.15) is 23.7 Å². The van der Waals surface area contributed by atoms with Crippen LogP contribution in [-0.2, 0) is 28.7 Å². The van der Waals surface area contributed by atoms with Gasteiger partial charge in [0.05, 0.1) is 6.04 Å². The number of rotatable bonds is 11. The van der Waals surface area contributed by atoms with Crippen LogP contribution in [0.5, 0.6) is 0 Å². The number of amides is 5. The summed E-state index contributed by atoms with van der Waals surface area (Å²) in [5.41, 5.74) is -1.49. The van der Waals surface area contributed by atoms with Crippen molar-refractivity contribution in [3.8, 4) is 0 Å². The number of carbonyl (C=O) groups excluding carboxylic acids is 6. The van der Waals surface area contributed by atoms with Crippen LogP contribution in [0.4, 0.5) is 4.79 Å². The van der Waals surface area contributed by atoms with Crippen LogP contribution >= 0.6 is 0 Å². The summed E-state index contributed by atoms with van der Waals surface area (Å²) in [6.45, 7) is 19.3. The number of urea groups is 1. The molecule has 40 heavy (non-hydrogen) atoms. The summed E-state index contributed by atoms with van der Waals surface area (Å²) in [7, 11) is 0. The molecule has 4 unspecified atom stereocenters. The molecule has 0 aromatic heterocycles. The number of likely N-dealkylation sites (tertiary alicyclic amines) is 1. The van der Waals surface area contributed by atoms with Gasteiger partial charge in [0, 0.05) is 13.1 Å². The van der Waals surface area contributed by atoms with Gasteiger partial charge >= 0.3 is 12.0 Å². The summed E-state index contributed by atoms with van der Waals surface area (Å²) in [5, 5.41) is 10.2. The summed E-state index contributed by atoms with van der Waals surface area (Å²) in [5.74, 6) is -3.57. The third-order valence-corrected chi connectivity index (χ3v) is 6.22. The Bertz CT molecular complexity index is 981. The van der Waals surface area contributed by atoms with Gasteiger partial charge in [0.25, 0.3) is 5.91 Å². The highest BCUT2D eigenvalue weighted by Crippen LogP contribution is 2.26. The Morgan fingerprint density at radius 1 is 0.975 bits per heavy atom. The molecule has 0 aliphatic carbocycles. The summed E-state index contributed by atoms with van der Waals surface area (Å²) >= 11 is 0. The molecule has 1 heterocycles. The number of Topliss-reactive ketones (excluding diaryl/α,β-unsaturated/α-hetero) is 1. The summed E-state index contributed by atoms with van der Waals surface area (Å²) in [4.78, 5) is 78.1. The van der Waals surface area contributed by atoms with Crippen molar-refractivity contribution in [3.63, 3.8) is 0 Å². The SMILES string of the molecule is C=CCNC(=O)C(=O)C(C)NC(=O)C1CCCN1C(=O)C(NC(=O)NC(C(=O)OC(C)(C)C)C(C)C)C(C)(C)C. The largest absolute Gasteiger partial charge is 0.458 e. The van der Waals surface area contributed by atoms with Crippen molar-refractivity contribution >= 4 is 35.5 Å². The Kier molecular flexibility index (Phi) is 12.3. The number of ketones is 1. The number of nitrogens with one attached hydrogen (secondary N) is 4. The smallest absolute Gasteiger partial charge is 0.329 e. The minimum Gasteiger partial charge on any atom is -0.458 e. The molecule has 5 amide bonds. The van der Waals surface area contributed by atoms with Gasteiger partial charge in [0.15, 0.2) is 0 Å². The molecule has 1 aliphatic rings. The monoisotopic (exact) mass is 565 g/mol. The number of hydrogen-bond donors (Lipinski definition) is 4. The molecule has 12 nitrogen and oxygen atoms in total. The van der Waals surface area contributed by atoms with Crippen LogP contribution in [0.3, 0.4) is 0 Å². The van der Waals surface area contributed by atoms with E-state index in [0.717, 1.165) is 0 Å². The van der Waals surface area contributed by atoms with Crippen molar-refractivity contribution < 1.29 is 33.5 Å². The van der Waals surface area contributed by atoms with E-state index in [9.17, 15) is 28.8 Å². The average molecular weight is 566 g/mol. The summed E-state index contributed by atoms with van der Waals surface area (Å²) in [6.07, 6.45) is 2.33. The Morgan fingerprint density at radius 3 is 2.08 bits per heavy atom. The lowest BCUT2D eigenvalue weighted by Gasteiger charge is -2.36. The van der Waals surface area contributed by atoms with E-state index in [4.69, 9.17) is 4.74 Å². The van der Waals surface area contributed by atoms with E-state index in [1.807, 2.05) is 0 Å². The first-order valence-electron chi connectivity index (χ1n) is 13.6. The molecular formula is C28H47N5O7. The van der Waals surface area contributed by atoms with Gasteiger partial charge in [-0.25, -0.2) is 9.59 Å². The van der Waals surface area contributed by atoms with Crippen molar-refractivity contribution in [2.45, 2.75) is 105 Å². The Labute approximate surface area is 237 Å². The quantitative estimate of drug-likeness (QED) is 0.167. The van der Waals surface area contributed by atoms with Crippen LogP contribution < -0.4 is 21.3 Å². The average Bonchev–Trinajstić information content (AvgIpc) is 3.31. The number of esters is 1. The molecule has 0 aromatic carbocycles. The lowest BCUT2D eigenvalue weighted by atomic mass is 9.85. The minimum absolute atomic E-state index is 0.112. The highest BCUT2D eigenvalue weighted by atomic mass is 16.6. The minimum atomic E-state index is -1.10. The predicted molar refractivity (Wildman–Crippen MR) is 150 cm³/mol. The number of carbonyl (C=O) groups is 6. The van der Waals surface area contributed by atoms with Crippen molar-refractivity contribution in [3.05, 3.63) is 12.7 Å². The van der Waals surface area contributed by atoms with E-state index >= 15 is 0 Å². The molecule has 1 saturated heterocycles. The predicted octanol–water partition coefficient (Wildman–Crippen LogP) is 1.43. The van der Waals surface area contributed by atoms with Gasteiger partial charge < -0.3 is 30.9 Å². The molecule has 0 spiro atoms. The van der Waals surface area contributed by atoms with Crippen LogP contribution in [-0.4, -0.2) is 83.3 Å². The van der Waals surface area contributed by atoms with Crippen molar-refractivity contribution in [2.24, 2.45) is 11.3 Å². The van der Waals surface area contributed by atoms with Crippen LogP contribution in [0.25, 0.3) is 0 Å². The number of ether oxygens (including phenoxy) is 1. The summed E-state index contributed by atoms with van der Waals surface area (Å²) in [6, 6.07) is -4.67. The van der Waals surface area contributed by atoms with Gasteiger partial charge in [-0.2, -0.15) is 0 Å². The third kappa shape index (κ3) is 10.3. The first-order valence-corrected chi connectivity index (χ1v) is 13.6. The molecule has 1 aliphatic heterocycles. The Morgan fingerprint density at radius 2 is 1.57 bits per heavy atom. The van der Waals surface area contributed by atoms with Gasteiger partial charge in [-0.3, -0.25) is 19.2 Å². The maximum atomic E-state index is 13.7. The van der Waals surface area contributed by atoms with Gasteiger partial charge in [-0.15, -0.1) is 6.58 Å². The highest BCUT2D eigenvalue weighted by Gasteiger charge is 2.43. The van der Waals surface area contributed by atoms with Crippen LogP contribution in [0.15, 0.2) is 12.7 Å². The lowest BCUT2D eigenvalue weighted by Crippen LogP contribution is -2.61. The van der Waals surface area contributed by atoms with Crippen molar-refractivity contribution in [1.29, 1.82) is 0 Å². The van der Waals surface area contributed by atoms with Crippen LogP contribution in [0.1, 0.15) is 75.2 Å². The fourth-order valence-corrected chi connectivity index (χ4v) is 4.12. The molecule has 1 fully saturated rings. The second-order valence-corrected chi connectivity index (χ2v) is 12.5. The zero-order valence-electron chi connectivity index (χ0n) is 25.3. The van der Waals surface area contributed by atoms with E-state index in [2.05, 4.69) is 27.8 Å². The zero-order chi connectivity index (χ0) is 31.0. The molecule has 0 radical (unpaired) electrons. The van der Waals surface area contributed by atoms with Crippen LogP contribution in [0.2, 0.25) is 0 Å². The van der Waals surface area contributed by atoms with E-state index in [1.165, 1.54) is 17.9 Å². The fraction of sp³-hybridized carbons (Fsp3) is 0.714. The molecule has 0 aromatic rings. The molecule has 0 bridgehead atoms. The number of hydrogen-bond acceptors (Lipinski definition) is 7. The van der Waals surface area contributed by atoms with Gasteiger partial charge in [-0.1, -0.05) is 40.7 Å². The van der Waals surface area contributed by atoms with Gasteiger partial charge in [-0.05, 0) is 51.9 Å². The molecule has 0 saturated carbocycles. The molecule has 226 valence electrons. The second kappa shape index (κ2) is 14.3. The molecule has 4 N–H and O–H groups in total. The van der Waals surface area contributed by atoms with E-state index in [0.29, 0.717) is 12.8 Å². The van der Waals surface area contributed by atoms with Crippen molar-refractivity contribution in [1.82, 2.24) is 26.2 Å². The van der Waals surface area contributed by atoms with E-state index in [-0.39, 0.29) is 19.0 Å². The molecule has 1 rings (SSSR count). The molecule has 12 heteroatoms. The molecule has 4 atom stereocenters. The number of nitrogens with zero attached hydrogens (tertiary/aromatic N) is 1.